The van der Waals surface area contributed by atoms with Gasteiger partial charge in [-0.15, -0.1) is 0 Å². The minimum atomic E-state index is -0.486. The van der Waals surface area contributed by atoms with E-state index in [-0.39, 0.29) is 5.56 Å². The van der Waals surface area contributed by atoms with Crippen LogP contribution >= 0.6 is 15.9 Å². The van der Waals surface area contributed by atoms with Crippen molar-refractivity contribution in [2.45, 2.75) is 25.9 Å². The third-order valence-electron chi connectivity index (χ3n) is 3.20. The first kappa shape index (κ1) is 13.9. The van der Waals surface area contributed by atoms with Gasteiger partial charge >= 0.3 is 0 Å². The fourth-order valence-corrected chi connectivity index (χ4v) is 2.65. The molecule has 1 saturated heterocycles. The van der Waals surface area contributed by atoms with E-state index in [0.29, 0.717) is 17.1 Å². The Kier molecular flexibility index (Phi) is 4.70. The predicted molar refractivity (Wildman–Crippen MR) is 71.4 cm³/mol. The van der Waals surface area contributed by atoms with E-state index in [1.165, 1.54) is 12.1 Å². The van der Waals surface area contributed by atoms with Gasteiger partial charge in [-0.05, 0) is 54.5 Å². The Morgan fingerprint density at radius 2 is 2.22 bits per heavy atom. The van der Waals surface area contributed by atoms with Crippen molar-refractivity contribution in [3.63, 3.8) is 0 Å². The van der Waals surface area contributed by atoms with Gasteiger partial charge in [0.2, 0.25) is 0 Å². The van der Waals surface area contributed by atoms with E-state index in [0.717, 1.165) is 26.1 Å². The zero-order valence-electron chi connectivity index (χ0n) is 10.3. The Balaban J connectivity index is 2.15. The molecule has 18 heavy (non-hydrogen) atoms. The van der Waals surface area contributed by atoms with Crippen LogP contribution in [0.25, 0.3) is 0 Å². The quantitative estimate of drug-likeness (QED) is 0.843. The molecule has 0 bridgehead atoms. The van der Waals surface area contributed by atoms with Crippen LogP contribution in [0.2, 0.25) is 0 Å². The van der Waals surface area contributed by atoms with E-state index >= 15 is 0 Å². The summed E-state index contributed by atoms with van der Waals surface area (Å²) in [5.41, 5.74) is 0.151. The summed E-state index contributed by atoms with van der Waals surface area (Å²) in [6.07, 6.45) is 1.00. The SMILES string of the molecule is CC1CN(Cc2c(F)ccc(Br)c2F)CCCN1. The van der Waals surface area contributed by atoms with Crippen LogP contribution < -0.4 is 5.32 Å². The molecule has 1 N–H and O–H groups in total. The molecule has 1 aliphatic rings. The lowest BCUT2D eigenvalue weighted by Gasteiger charge is -2.23. The van der Waals surface area contributed by atoms with Crippen molar-refractivity contribution in [1.82, 2.24) is 10.2 Å². The van der Waals surface area contributed by atoms with Crippen molar-refractivity contribution >= 4 is 15.9 Å². The van der Waals surface area contributed by atoms with Gasteiger partial charge in [-0.25, -0.2) is 8.78 Å². The molecule has 0 aromatic heterocycles. The highest BCUT2D eigenvalue weighted by molar-refractivity contribution is 9.10. The van der Waals surface area contributed by atoms with Gasteiger partial charge in [-0.2, -0.15) is 0 Å². The lowest BCUT2D eigenvalue weighted by atomic mass is 10.1. The molecular formula is C13H17BrF2N2. The fraction of sp³-hybridized carbons (Fsp3) is 0.538. The van der Waals surface area contributed by atoms with Gasteiger partial charge in [0.15, 0.2) is 0 Å². The Bertz CT molecular complexity index is 426. The van der Waals surface area contributed by atoms with Crippen LogP contribution in [0, 0.1) is 11.6 Å². The van der Waals surface area contributed by atoms with Crippen molar-refractivity contribution in [1.29, 1.82) is 0 Å². The number of hydrogen-bond donors (Lipinski definition) is 1. The van der Waals surface area contributed by atoms with E-state index in [4.69, 9.17) is 0 Å². The molecule has 1 fully saturated rings. The fourth-order valence-electron chi connectivity index (χ4n) is 2.28. The Morgan fingerprint density at radius 3 is 3.00 bits per heavy atom. The highest BCUT2D eigenvalue weighted by Crippen LogP contribution is 2.23. The number of halogens is 3. The second-order valence-corrected chi connectivity index (χ2v) is 5.62. The lowest BCUT2D eigenvalue weighted by Crippen LogP contribution is -2.35. The minimum absolute atomic E-state index is 0.151. The van der Waals surface area contributed by atoms with E-state index in [2.05, 4.69) is 33.1 Å². The number of nitrogens with one attached hydrogen (secondary N) is 1. The minimum Gasteiger partial charge on any atom is -0.313 e. The van der Waals surface area contributed by atoms with Crippen molar-refractivity contribution in [3.05, 3.63) is 33.8 Å². The third-order valence-corrected chi connectivity index (χ3v) is 3.81. The molecule has 2 rings (SSSR count). The van der Waals surface area contributed by atoms with Gasteiger partial charge in [0.1, 0.15) is 11.6 Å². The van der Waals surface area contributed by atoms with Crippen LogP contribution in [-0.4, -0.2) is 30.6 Å². The molecule has 0 saturated carbocycles. The first-order chi connectivity index (χ1) is 8.58. The molecule has 100 valence electrons. The molecule has 0 amide bonds. The van der Waals surface area contributed by atoms with E-state index < -0.39 is 11.6 Å². The Labute approximate surface area is 114 Å². The zero-order valence-corrected chi connectivity index (χ0v) is 11.9. The maximum atomic E-state index is 13.9. The maximum Gasteiger partial charge on any atom is 0.144 e. The van der Waals surface area contributed by atoms with Crippen LogP contribution in [0.4, 0.5) is 8.78 Å². The molecular weight excluding hydrogens is 302 g/mol. The molecule has 1 heterocycles. The summed E-state index contributed by atoms with van der Waals surface area (Å²) in [6.45, 7) is 5.05. The lowest BCUT2D eigenvalue weighted by molar-refractivity contribution is 0.257. The van der Waals surface area contributed by atoms with E-state index in [9.17, 15) is 8.78 Å². The van der Waals surface area contributed by atoms with Crippen LogP contribution in [0.15, 0.2) is 16.6 Å². The van der Waals surface area contributed by atoms with Gasteiger partial charge in [0.25, 0.3) is 0 Å². The zero-order chi connectivity index (χ0) is 13.1. The molecule has 0 radical (unpaired) electrons. The maximum absolute atomic E-state index is 13.9. The van der Waals surface area contributed by atoms with Gasteiger partial charge in [-0.1, -0.05) is 0 Å². The molecule has 1 aromatic carbocycles. The standard InChI is InChI=1S/C13H17BrF2N2/c1-9-7-18(6-2-5-17-9)8-10-12(15)4-3-11(14)13(10)16/h3-4,9,17H,2,5-8H2,1H3. The Hall–Kier alpha value is -0.520. The molecule has 0 spiro atoms. The van der Waals surface area contributed by atoms with Crippen molar-refractivity contribution in [2.24, 2.45) is 0 Å². The molecule has 2 nitrogen and oxygen atoms in total. The summed E-state index contributed by atoms with van der Waals surface area (Å²) in [5, 5.41) is 3.36. The van der Waals surface area contributed by atoms with Gasteiger partial charge in [0.05, 0.1) is 4.47 Å². The highest BCUT2D eigenvalue weighted by Gasteiger charge is 2.19. The average Bonchev–Trinajstić information content (AvgIpc) is 2.54. The summed E-state index contributed by atoms with van der Waals surface area (Å²) in [5.74, 6) is -0.958. The molecule has 1 aliphatic heterocycles. The first-order valence-corrected chi connectivity index (χ1v) is 6.95. The van der Waals surface area contributed by atoms with Crippen LogP contribution in [0.5, 0.6) is 0 Å². The van der Waals surface area contributed by atoms with Gasteiger partial charge in [-0.3, -0.25) is 4.90 Å². The monoisotopic (exact) mass is 318 g/mol. The molecule has 0 aliphatic carbocycles. The van der Waals surface area contributed by atoms with Crippen LogP contribution in [-0.2, 0) is 6.54 Å². The van der Waals surface area contributed by atoms with Crippen LogP contribution in [0.3, 0.4) is 0 Å². The summed E-state index contributed by atoms with van der Waals surface area (Å²) < 4.78 is 27.9. The summed E-state index contributed by atoms with van der Waals surface area (Å²) in [4.78, 5) is 2.10. The number of nitrogens with zero attached hydrogens (tertiary/aromatic N) is 1. The first-order valence-electron chi connectivity index (χ1n) is 6.16. The number of hydrogen-bond acceptors (Lipinski definition) is 2. The van der Waals surface area contributed by atoms with Gasteiger partial charge in [0, 0.05) is 24.7 Å². The number of rotatable bonds is 2. The van der Waals surface area contributed by atoms with Crippen molar-refractivity contribution in [2.75, 3.05) is 19.6 Å². The predicted octanol–water partition coefficient (Wildman–Crippen LogP) is 2.91. The van der Waals surface area contributed by atoms with E-state index in [1.54, 1.807) is 0 Å². The van der Waals surface area contributed by atoms with Crippen molar-refractivity contribution < 1.29 is 8.78 Å². The number of benzene rings is 1. The van der Waals surface area contributed by atoms with Crippen molar-refractivity contribution in [3.8, 4) is 0 Å². The summed E-state index contributed by atoms with van der Waals surface area (Å²) in [7, 11) is 0. The second kappa shape index (κ2) is 6.08. The molecule has 1 atom stereocenters. The average molecular weight is 319 g/mol. The highest BCUT2D eigenvalue weighted by atomic mass is 79.9. The third kappa shape index (κ3) is 3.28. The largest absolute Gasteiger partial charge is 0.313 e. The van der Waals surface area contributed by atoms with Crippen LogP contribution in [0.1, 0.15) is 18.9 Å². The van der Waals surface area contributed by atoms with Gasteiger partial charge < -0.3 is 5.32 Å². The topological polar surface area (TPSA) is 15.3 Å². The Morgan fingerprint density at radius 1 is 1.44 bits per heavy atom. The normalized spacial score (nSPS) is 21.9. The smallest absolute Gasteiger partial charge is 0.144 e. The molecule has 5 heteroatoms. The molecule has 1 unspecified atom stereocenters. The van der Waals surface area contributed by atoms with E-state index in [1.807, 2.05) is 0 Å². The summed E-state index contributed by atoms with van der Waals surface area (Å²) in [6, 6.07) is 3.06. The molecule has 1 aromatic rings. The summed E-state index contributed by atoms with van der Waals surface area (Å²) >= 11 is 3.10. The second-order valence-electron chi connectivity index (χ2n) is 4.77.